The molecule has 1 saturated carbocycles. The smallest absolute Gasteiger partial charge is 0.307 e. The van der Waals surface area contributed by atoms with Gasteiger partial charge >= 0.3 is 5.97 Å². The van der Waals surface area contributed by atoms with E-state index in [1.807, 2.05) is 30.3 Å². The second-order valence-electron chi connectivity index (χ2n) is 5.32. The molecule has 1 spiro atoms. The number of aliphatic carboxylic acids is 1. The minimum Gasteiger partial charge on any atom is -0.481 e. The standard InChI is InChI=1S/C14H15Cl2NO2/c15-11-12(16)17-7-6-14(11)9(10(14)13(18)19)8-4-2-1-3-5-8/h1-5,9-12,17H,6-7H2,(H,18,19). The van der Waals surface area contributed by atoms with Crippen LogP contribution in [0.2, 0.25) is 0 Å². The first-order valence-corrected chi connectivity index (χ1v) is 7.25. The van der Waals surface area contributed by atoms with Gasteiger partial charge in [-0.25, -0.2) is 0 Å². The number of carbonyl (C=O) groups is 1. The highest BCUT2D eigenvalue weighted by atomic mass is 35.5. The first-order chi connectivity index (χ1) is 9.09. The molecule has 3 nitrogen and oxygen atoms in total. The molecule has 2 aliphatic rings. The van der Waals surface area contributed by atoms with Crippen molar-refractivity contribution in [3.8, 4) is 0 Å². The fourth-order valence-electron chi connectivity index (χ4n) is 3.59. The van der Waals surface area contributed by atoms with Crippen LogP contribution in [0.3, 0.4) is 0 Å². The molecule has 3 rings (SSSR count). The Bertz CT molecular complexity index is 495. The number of alkyl halides is 2. The second-order valence-corrected chi connectivity index (χ2v) is 6.26. The predicted molar refractivity (Wildman–Crippen MR) is 74.6 cm³/mol. The molecule has 1 aromatic carbocycles. The Morgan fingerprint density at radius 2 is 2.00 bits per heavy atom. The summed E-state index contributed by atoms with van der Waals surface area (Å²) in [6, 6.07) is 9.75. The maximum absolute atomic E-state index is 11.5. The number of benzene rings is 1. The molecular weight excluding hydrogens is 285 g/mol. The van der Waals surface area contributed by atoms with E-state index in [1.165, 1.54) is 0 Å². The first-order valence-electron chi connectivity index (χ1n) is 6.38. The van der Waals surface area contributed by atoms with E-state index in [0.717, 1.165) is 12.0 Å². The maximum atomic E-state index is 11.5. The largest absolute Gasteiger partial charge is 0.481 e. The molecule has 1 aromatic rings. The molecule has 0 radical (unpaired) electrons. The zero-order chi connectivity index (χ0) is 13.6. The van der Waals surface area contributed by atoms with Gasteiger partial charge in [0.1, 0.15) is 0 Å². The van der Waals surface area contributed by atoms with Crippen LogP contribution < -0.4 is 5.32 Å². The van der Waals surface area contributed by atoms with E-state index >= 15 is 0 Å². The number of piperidine rings is 1. The lowest BCUT2D eigenvalue weighted by molar-refractivity contribution is -0.139. The second kappa shape index (κ2) is 4.65. The molecule has 2 fully saturated rings. The van der Waals surface area contributed by atoms with Crippen molar-refractivity contribution in [1.29, 1.82) is 0 Å². The van der Waals surface area contributed by atoms with Crippen LogP contribution in [0, 0.1) is 11.3 Å². The van der Waals surface area contributed by atoms with E-state index in [0.29, 0.717) is 6.54 Å². The number of hydrogen-bond donors (Lipinski definition) is 2. The maximum Gasteiger partial charge on any atom is 0.307 e. The van der Waals surface area contributed by atoms with Gasteiger partial charge in [0, 0.05) is 11.3 Å². The Morgan fingerprint density at radius 1 is 1.32 bits per heavy atom. The van der Waals surface area contributed by atoms with Gasteiger partial charge in [0.2, 0.25) is 0 Å². The zero-order valence-electron chi connectivity index (χ0n) is 10.2. The third-order valence-corrected chi connectivity index (χ3v) is 5.67. The van der Waals surface area contributed by atoms with E-state index in [-0.39, 0.29) is 16.8 Å². The van der Waals surface area contributed by atoms with Crippen LogP contribution in [0.25, 0.3) is 0 Å². The molecule has 5 atom stereocenters. The topological polar surface area (TPSA) is 49.3 Å². The van der Waals surface area contributed by atoms with Crippen molar-refractivity contribution in [2.75, 3.05) is 6.54 Å². The summed E-state index contributed by atoms with van der Waals surface area (Å²) >= 11 is 12.6. The van der Waals surface area contributed by atoms with E-state index in [1.54, 1.807) is 0 Å². The van der Waals surface area contributed by atoms with Crippen LogP contribution in [0.15, 0.2) is 30.3 Å². The van der Waals surface area contributed by atoms with Crippen LogP contribution in [-0.4, -0.2) is 28.5 Å². The number of hydrogen-bond acceptors (Lipinski definition) is 2. The molecule has 0 amide bonds. The van der Waals surface area contributed by atoms with Crippen molar-refractivity contribution >= 4 is 29.2 Å². The summed E-state index contributed by atoms with van der Waals surface area (Å²) < 4.78 is 0. The summed E-state index contributed by atoms with van der Waals surface area (Å²) in [6.07, 6.45) is 0.751. The van der Waals surface area contributed by atoms with Gasteiger partial charge in [0.05, 0.1) is 16.8 Å². The number of carboxylic acid groups (broad SMARTS) is 1. The van der Waals surface area contributed by atoms with Crippen molar-refractivity contribution in [3.05, 3.63) is 35.9 Å². The molecule has 1 aliphatic carbocycles. The van der Waals surface area contributed by atoms with Gasteiger partial charge in [0.25, 0.3) is 0 Å². The van der Waals surface area contributed by atoms with E-state index < -0.39 is 17.3 Å². The molecule has 1 heterocycles. The van der Waals surface area contributed by atoms with Crippen LogP contribution in [0.5, 0.6) is 0 Å². The van der Waals surface area contributed by atoms with Crippen molar-refractivity contribution in [3.63, 3.8) is 0 Å². The van der Waals surface area contributed by atoms with Crippen molar-refractivity contribution in [1.82, 2.24) is 5.32 Å². The van der Waals surface area contributed by atoms with Gasteiger partial charge in [-0.3, -0.25) is 4.79 Å². The number of carboxylic acids is 1. The lowest BCUT2D eigenvalue weighted by Gasteiger charge is -2.33. The molecule has 19 heavy (non-hydrogen) atoms. The lowest BCUT2D eigenvalue weighted by Crippen LogP contribution is -2.46. The minimum absolute atomic E-state index is 0.0305. The van der Waals surface area contributed by atoms with Gasteiger partial charge in [-0.05, 0) is 18.5 Å². The Balaban J connectivity index is 1.98. The number of rotatable bonds is 2. The summed E-state index contributed by atoms with van der Waals surface area (Å²) in [5.74, 6) is -1.23. The molecule has 1 saturated heterocycles. The third-order valence-electron chi connectivity index (χ3n) is 4.47. The molecule has 5 unspecified atom stereocenters. The van der Waals surface area contributed by atoms with Crippen LogP contribution in [0.1, 0.15) is 17.9 Å². The van der Waals surface area contributed by atoms with Crippen molar-refractivity contribution < 1.29 is 9.90 Å². The predicted octanol–water partition coefficient (Wildman–Crippen LogP) is 2.64. The summed E-state index contributed by atoms with van der Waals surface area (Å²) in [7, 11) is 0. The van der Waals surface area contributed by atoms with Gasteiger partial charge in [0.15, 0.2) is 0 Å². The van der Waals surface area contributed by atoms with E-state index in [9.17, 15) is 9.90 Å². The molecule has 2 N–H and O–H groups in total. The fourth-order valence-corrected chi connectivity index (χ4v) is 4.40. The van der Waals surface area contributed by atoms with Crippen LogP contribution in [-0.2, 0) is 4.79 Å². The monoisotopic (exact) mass is 299 g/mol. The first kappa shape index (κ1) is 13.2. The Hall–Kier alpha value is -0.770. The van der Waals surface area contributed by atoms with Gasteiger partial charge < -0.3 is 10.4 Å². The van der Waals surface area contributed by atoms with Crippen LogP contribution in [0.4, 0.5) is 0 Å². The zero-order valence-corrected chi connectivity index (χ0v) is 11.7. The highest BCUT2D eigenvalue weighted by Gasteiger charge is 2.73. The molecule has 0 bridgehead atoms. The quantitative estimate of drug-likeness (QED) is 0.652. The van der Waals surface area contributed by atoms with Gasteiger partial charge in [-0.15, -0.1) is 23.2 Å². The molecule has 1 aliphatic heterocycles. The molecule has 0 aromatic heterocycles. The number of halogens is 2. The SMILES string of the molecule is O=C(O)C1C(c2ccccc2)C12CCNC(Cl)C2Cl. The Labute approximate surface area is 121 Å². The summed E-state index contributed by atoms with van der Waals surface area (Å²) in [5, 5.41) is 12.2. The van der Waals surface area contributed by atoms with Crippen LogP contribution >= 0.6 is 23.2 Å². The van der Waals surface area contributed by atoms with E-state index in [4.69, 9.17) is 23.2 Å². The average molecular weight is 300 g/mol. The van der Waals surface area contributed by atoms with Gasteiger partial charge in [-0.2, -0.15) is 0 Å². The Morgan fingerprint density at radius 3 is 2.63 bits per heavy atom. The molecule has 5 heteroatoms. The summed E-state index contributed by atoms with van der Waals surface area (Å²) in [6.45, 7) is 0.713. The highest BCUT2D eigenvalue weighted by Crippen LogP contribution is 2.71. The molecule has 102 valence electrons. The van der Waals surface area contributed by atoms with E-state index in [2.05, 4.69) is 5.32 Å². The number of nitrogens with one attached hydrogen (secondary N) is 1. The summed E-state index contributed by atoms with van der Waals surface area (Å²) in [4.78, 5) is 11.5. The Kier molecular flexibility index (Phi) is 3.24. The third kappa shape index (κ3) is 1.87. The molecular formula is C14H15Cl2NO2. The van der Waals surface area contributed by atoms with Crippen molar-refractivity contribution in [2.24, 2.45) is 11.3 Å². The highest BCUT2D eigenvalue weighted by molar-refractivity contribution is 6.30. The average Bonchev–Trinajstić information content (AvgIpc) is 3.07. The van der Waals surface area contributed by atoms with Crippen molar-refractivity contribution in [2.45, 2.75) is 23.2 Å². The van der Waals surface area contributed by atoms with Gasteiger partial charge in [-0.1, -0.05) is 30.3 Å². The fraction of sp³-hybridized carbons (Fsp3) is 0.500. The summed E-state index contributed by atoms with van der Waals surface area (Å²) in [5.41, 5.74) is 0.268. The lowest BCUT2D eigenvalue weighted by atomic mass is 9.88. The normalized spacial score (nSPS) is 41.2. The minimum atomic E-state index is -0.773.